The zero-order chi connectivity index (χ0) is 44.4. The van der Waals surface area contributed by atoms with Gasteiger partial charge in [-0.15, -0.1) is 0 Å². The van der Waals surface area contributed by atoms with Crippen molar-refractivity contribution in [3.63, 3.8) is 0 Å². The maximum atomic E-state index is 12.6. The van der Waals surface area contributed by atoms with Crippen molar-refractivity contribution in [3.8, 4) is 0 Å². The van der Waals surface area contributed by atoms with Crippen LogP contribution < -0.4 is 0 Å². The number of hydrogen-bond acceptors (Lipinski definition) is 13. The summed E-state index contributed by atoms with van der Waals surface area (Å²) >= 11 is 0. The molecule has 0 aliphatic heterocycles. The molecule has 0 fully saturated rings. The number of rotatable bonds is 37. The zero-order valence-corrected chi connectivity index (χ0v) is 36.9. The molecule has 1 unspecified atom stereocenters. The fourth-order valence-electron chi connectivity index (χ4n) is 5.17. The maximum Gasteiger partial charge on any atom is 0.472 e. The number of carbonyl (C=O) groups is 2. The molecule has 0 aliphatic carbocycles. The molecule has 59 heavy (non-hydrogen) atoms. The zero-order valence-electron chi connectivity index (χ0n) is 35.1. The summed E-state index contributed by atoms with van der Waals surface area (Å²) < 4.78 is 47.4. The first kappa shape index (κ1) is 56.7. The Morgan fingerprint density at radius 3 is 1.76 bits per heavy atom. The Morgan fingerprint density at radius 1 is 0.610 bits per heavy atom. The van der Waals surface area contributed by atoms with E-state index in [9.17, 15) is 44.0 Å². The molecule has 0 aromatic carbocycles. The van der Waals surface area contributed by atoms with Gasteiger partial charge in [-0.25, -0.2) is 9.13 Å². The van der Waals surface area contributed by atoms with E-state index < -0.39 is 84.5 Å². The normalized spacial score (nSPS) is 16.4. The van der Waals surface area contributed by atoms with Crippen LogP contribution in [0, 0.1) is 5.92 Å². The fourth-order valence-corrected chi connectivity index (χ4v) is 6.32. The summed E-state index contributed by atoms with van der Waals surface area (Å²) in [5, 5.41) is 40.1. The van der Waals surface area contributed by atoms with Crippen LogP contribution in [0.15, 0.2) is 60.8 Å². The number of unbranched alkanes of at least 4 members (excludes halogenated alkanes) is 8. The molecular weight excluding hydrogens is 810 g/mol. The smallest absolute Gasteiger partial charge is 0.462 e. The van der Waals surface area contributed by atoms with Crippen LogP contribution in [0.2, 0.25) is 0 Å². The van der Waals surface area contributed by atoms with Gasteiger partial charge in [0.25, 0.3) is 0 Å². The number of hydrogen-bond donors (Lipinski definition) is 7. The average molecular weight is 883 g/mol. The number of phosphoric ester groups is 2. The van der Waals surface area contributed by atoms with Gasteiger partial charge in [-0.3, -0.25) is 23.2 Å². The SMILES string of the molecule is CC/C=C\C[C@@H](O)/C=C/C=C/C=C\C=C/[C@H](O)[C@@H](O)CCCC(=O)OC[C@H](COP(=O)(O)OC[C@@H](O)COP(=O)(O)O)OC(=O)CCCCCCCCCCCC(C)C. The van der Waals surface area contributed by atoms with Crippen molar-refractivity contribution in [2.24, 2.45) is 5.92 Å². The highest BCUT2D eigenvalue weighted by Gasteiger charge is 2.28. The number of esters is 2. The Hall–Kier alpha value is -2.30. The topological polar surface area (TPSA) is 256 Å². The average Bonchev–Trinajstić information content (AvgIpc) is 3.16. The Labute approximate surface area is 350 Å². The first-order valence-electron chi connectivity index (χ1n) is 20.7. The Kier molecular flexibility index (Phi) is 33.9. The molecule has 0 saturated carbocycles. The van der Waals surface area contributed by atoms with E-state index in [-0.39, 0.29) is 25.7 Å². The third kappa shape index (κ3) is 38.4. The van der Waals surface area contributed by atoms with Crippen LogP contribution in [0.25, 0.3) is 0 Å². The minimum absolute atomic E-state index is 0.0552. The van der Waals surface area contributed by atoms with Crippen molar-refractivity contribution in [1.82, 2.24) is 0 Å². The van der Waals surface area contributed by atoms with Crippen LogP contribution in [-0.2, 0) is 41.8 Å². The molecule has 0 heterocycles. The highest BCUT2D eigenvalue weighted by molar-refractivity contribution is 7.47. The van der Waals surface area contributed by atoms with E-state index in [1.807, 2.05) is 19.1 Å². The monoisotopic (exact) mass is 882 g/mol. The van der Waals surface area contributed by atoms with E-state index in [1.54, 1.807) is 42.5 Å². The highest BCUT2D eigenvalue weighted by atomic mass is 31.2. The molecule has 342 valence electrons. The second-order valence-electron chi connectivity index (χ2n) is 14.6. The standard InChI is InChI=1S/C41H72O16P2/c1-4-5-17-24-35(42)25-19-14-11-12-15-20-26-38(44)39(45)27-22-29-40(46)53-32-37(33-56-59(51,52)55-31-36(43)30-54-58(48,49)50)57-41(47)28-21-16-10-8-6-7-9-13-18-23-34(2)3/h5,11-12,14-15,17,19-20,25-26,34-39,42-45H,4,6-10,13,16,18,21-24,27-33H2,1-3H3,(H,51,52)(H2,48,49,50)/b14-11+,15-12-,17-5-,25-19+,26-20-/t35-,36+,37-,38+,39+/m1/s1. The van der Waals surface area contributed by atoms with Crippen molar-refractivity contribution < 1.29 is 76.9 Å². The first-order chi connectivity index (χ1) is 27.9. The summed E-state index contributed by atoms with van der Waals surface area (Å²) in [4.78, 5) is 52.6. The van der Waals surface area contributed by atoms with Crippen molar-refractivity contribution in [1.29, 1.82) is 0 Å². The quantitative estimate of drug-likeness (QED) is 0.0111. The van der Waals surface area contributed by atoms with Gasteiger partial charge >= 0.3 is 27.6 Å². The van der Waals surface area contributed by atoms with Gasteiger partial charge in [-0.05, 0) is 38.0 Å². The maximum absolute atomic E-state index is 12.6. The summed E-state index contributed by atoms with van der Waals surface area (Å²) in [6.45, 7) is 3.41. The molecule has 0 saturated heterocycles. The largest absolute Gasteiger partial charge is 0.472 e. The molecule has 7 N–H and O–H groups in total. The lowest BCUT2D eigenvalue weighted by molar-refractivity contribution is -0.161. The fraction of sp³-hybridized carbons (Fsp3) is 0.707. The molecule has 0 aliphatic rings. The van der Waals surface area contributed by atoms with Gasteiger partial charge in [-0.1, -0.05) is 139 Å². The number of aliphatic hydroxyl groups excluding tert-OH is 4. The van der Waals surface area contributed by atoms with Crippen molar-refractivity contribution in [2.45, 2.75) is 154 Å². The van der Waals surface area contributed by atoms with Crippen LogP contribution in [0.4, 0.5) is 0 Å². The number of allylic oxidation sites excluding steroid dienone is 7. The predicted molar refractivity (Wildman–Crippen MR) is 225 cm³/mol. The molecule has 0 radical (unpaired) electrons. The Morgan fingerprint density at radius 2 is 1.15 bits per heavy atom. The summed E-state index contributed by atoms with van der Waals surface area (Å²) in [5.74, 6) is -0.641. The molecule has 0 aromatic rings. The van der Waals surface area contributed by atoms with Crippen molar-refractivity contribution >= 4 is 27.6 Å². The predicted octanol–water partition coefficient (Wildman–Crippen LogP) is 6.83. The van der Waals surface area contributed by atoms with E-state index in [1.165, 1.54) is 38.2 Å². The Bertz CT molecular complexity index is 1340. The van der Waals surface area contributed by atoms with E-state index in [0.29, 0.717) is 12.8 Å². The van der Waals surface area contributed by atoms with Gasteiger partial charge in [0, 0.05) is 12.8 Å². The summed E-state index contributed by atoms with van der Waals surface area (Å²) in [6.07, 6.45) is 23.3. The lowest BCUT2D eigenvalue weighted by atomic mass is 10.0. The lowest BCUT2D eigenvalue weighted by Gasteiger charge is -2.20. The van der Waals surface area contributed by atoms with Crippen LogP contribution in [0.1, 0.15) is 124 Å². The first-order valence-corrected chi connectivity index (χ1v) is 23.7. The molecule has 0 aromatic heterocycles. The minimum atomic E-state index is -4.90. The lowest BCUT2D eigenvalue weighted by Crippen LogP contribution is -2.30. The second-order valence-corrected chi connectivity index (χ2v) is 17.3. The molecule has 0 rings (SSSR count). The molecule has 18 heteroatoms. The third-order valence-electron chi connectivity index (χ3n) is 8.43. The summed E-state index contributed by atoms with van der Waals surface area (Å²) in [6, 6.07) is 0. The minimum Gasteiger partial charge on any atom is -0.462 e. The van der Waals surface area contributed by atoms with E-state index in [2.05, 4.69) is 22.9 Å². The number of ether oxygens (including phenoxy) is 2. The van der Waals surface area contributed by atoms with Gasteiger partial charge in [0.05, 0.1) is 38.1 Å². The number of phosphoric acid groups is 2. The highest BCUT2D eigenvalue weighted by Crippen LogP contribution is 2.43. The molecule has 6 atom stereocenters. The van der Waals surface area contributed by atoms with Crippen LogP contribution in [-0.4, -0.2) is 104 Å². The van der Waals surface area contributed by atoms with Crippen LogP contribution in [0.5, 0.6) is 0 Å². The molecular formula is C41H72O16P2. The van der Waals surface area contributed by atoms with Crippen molar-refractivity contribution in [2.75, 3.05) is 26.4 Å². The summed E-state index contributed by atoms with van der Waals surface area (Å²) in [5.41, 5.74) is 0. The van der Waals surface area contributed by atoms with E-state index in [0.717, 1.165) is 38.0 Å². The molecule has 0 amide bonds. The van der Waals surface area contributed by atoms with Crippen LogP contribution >= 0.6 is 15.6 Å². The molecule has 0 spiro atoms. The van der Waals surface area contributed by atoms with Gasteiger partial charge in [-0.2, -0.15) is 0 Å². The van der Waals surface area contributed by atoms with Gasteiger partial charge in [0.2, 0.25) is 0 Å². The Balaban J connectivity index is 4.87. The summed E-state index contributed by atoms with van der Waals surface area (Å²) in [7, 11) is -9.79. The molecule has 16 nitrogen and oxygen atoms in total. The second kappa shape index (κ2) is 35.3. The van der Waals surface area contributed by atoms with Gasteiger partial charge in [0.1, 0.15) is 12.7 Å². The number of carbonyl (C=O) groups excluding carboxylic acids is 2. The molecule has 0 bridgehead atoms. The van der Waals surface area contributed by atoms with Crippen molar-refractivity contribution in [3.05, 3.63) is 60.8 Å². The number of aliphatic hydroxyl groups is 4. The van der Waals surface area contributed by atoms with Crippen LogP contribution in [0.3, 0.4) is 0 Å². The van der Waals surface area contributed by atoms with Gasteiger partial charge in [0.15, 0.2) is 6.10 Å². The van der Waals surface area contributed by atoms with Gasteiger partial charge < -0.3 is 44.6 Å². The van der Waals surface area contributed by atoms with E-state index in [4.69, 9.17) is 23.8 Å². The van der Waals surface area contributed by atoms with E-state index >= 15 is 0 Å². The third-order valence-corrected chi connectivity index (χ3v) is 9.87.